The van der Waals surface area contributed by atoms with Crippen LogP contribution in [0.2, 0.25) is 0 Å². The molecule has 0 spiro atoms. The van der Waals surface area contributed by atoms with Gasteiger partial charge in [-0.3, -0.25) is 14.5 Å². The van der Waals surface area contributed by atoms with E-state index in [4.69, 9.17) is 12.2 Å². The lowest BCUT2D eigenvalue weighted by Crippen LogP contribution is -2.40. The van der Waals surface area contributed by atoms with Crippen LogP contribution in [0.15, 0.2) is 41.8 Å². The molecule has 154 valence electrons. The second-order valence-electron chi connectivity index (χ2n) is 7.07. The van der Waals surface area contributed by atoms with Gasteiger partial charge >= 0.3 is 0 Å². The molecule has 3 aromatic rings. The van der Waals surface area contributed by atoms with Crippen LogP contribution in [0.5, 0.6) is 0 Å². The fourth-order valence-electron chi connectivity index (χ4n) is 3.02. The van der Waals surface area contributed by atoms with E-state index in [2.05, 4.69) is 10.2 Å². The molecule has 0 saturated heterocycles. The van der Waals surface area contributed by atoms with Crippen molar-refractivity contribution >= 4 is 29.5 Å². The Bertz CT molecular complexity index is 995. The van der Waals surface area contributed by atoms with Crippen molar-refractivity contribution in [1.82, 2.24) is 24.6 Å². The highest BCUT2D eigenvalue weighted by Crippen LogP contribution is 2.26. The van der Waals surface area contributed by atoms with Gasteiger partial charge in [0.2, 0.25) is 5.91 Å². The van der Waals surface area contributed by atoms with Crippen molar-refractivity contribution in [2.75, 3.05) is 27.2 Å². The molecule has 29 heavy (non-hydrogen) atoms. The van der Waals surface area contributed by atoms with Crippen LogP contribution in [0.1, 0.15) is 18.5 Å². The van der Waals surface area contributed by atoms with Gasteiger partial charge in [-0.2, -0.15) is 5.10 Å². The number of amides is 1. The number of benzene rings is 1. The zero-order valence-electron chi connectivity index (χ0n) is 16.6. The SMILES string of the molecule is CC(C(=O)N(CCN(C)C)Cc1ccc(F)cc1)n1c(-c2cccs2)n[nH]c1=S. The Labute approximate surface area is 178 Å². The fourth-order valence-corrected chi connectivity index (χ4v) is 4.02. The third kappa shape index (κ3) is 5.17. The number of carbonyl (C=O) groups excluding carboxylic acids is 1. The molecule has 1 N–H and O–H groups in total. The van der Waals surface area contributed by atoms with Crippen LogP contribution in [-0.2, 0) is 11.3 Å². The van der Waals surface area contributed by atoms with Gasteiger partial charge in [-0.05, 0) is 62.4 Å². The van der Waals surface area contributed by atoms with E-state index in [0.717, 1.165) is 10.4 Å². The number of hydrogen-bond acceptors (Lipinski definition) is 5. The summed E-state index contributed by atoms with van der Waals surface area (Å²) < 4.78 is 15.4. The van der Waals surface area contributed by atoms with Gasteiger partial charge in [-0.1, -0.05) is 18.2 Å². The summed E-state index contributed by atoms with van der Waals surface area (Å²) in [5.74, 6) is 0.297. The number of thiophene rings is 1. The van der Waals surface area contributed by atoms with E-state index >= 15 is 0 Å². The van der Waals surface area contributed by atoms with Crippen molar-refractivity contribution in [3.63, 3.8) is 0 Å². The Morgan fingerprint density at radius 3 is 2.62 bits per heavy atom. The summed E-state index contributed by atoms with van der Waals surface area (Å²) in [6.07, 6.45) is 0. The van der Waals surface area contributed by atoms with E-state index in [-0.39, 0.29) is 11.7 Å². The number of likely N-dealkylation sites (N-methyl/N-ethyl adjacent to an activating group) is 1. The smallest absolute Gasteiger partial charge is 0.245 e. The topological polar surface area (TPSA) is 57.2 Å². The molecule has 0 saturated carbocycles. The minimum absolute atomic E-state index is 0.0634. The van der Waals surface area contributed by atoms with Crippen molar-refractivity contribution in [1.29, 1.82) is 0 Å². The van der Waals surface area contributed by atoms with Gasteiger partial charge in [0.15, 0.2) is 10.6 Å². The number of carbonyl (C=O) groups is 1. The Morgan fingerprint density at radius 1 is 1.28 bits per heavy atom. The number of nitrogens with one attached hydrogen (secondary N) is 1. The first-order valence-corrected chi connectivity index (χ1v) is 10.5. The van der Waals surface area contributed by atoms with Crippen molar-refractivity contribution in [2.45, 2.75) is 19.5 Å². The lowest BCUT2D eigenvalue weighted by atomic mass is 10.2. The number of hydrogen-bond donors (Lipinski definition) is 1. The maximum atomic E-state index is 13.4. The minimum atomic E-state index is -0.527. The largest absolute Gasteiger partial charge is 0.335 e. The van der Waals surface area contributed by atoms with E-state index < -0.39 is 6.04 Å². The third-order valence-electron chi connectivity index (χ3n) is 4.61. The van der Waals surface area contributed by atoms with E-state index in [1.54, 1.807) is 32.9 Å². The van der Waals surface area contributed by atoms with Crippen molar-refractivity contribution in [3.05, 3.63) is 57.9 Å². The summed E-state index contributed by atoms with van der Waals surface area (Å²) >= 11 is 6.95. The van der Waals surface area contributed by atoms with Gasteiger partial charge in [0.1, 0.15) is 11.9 Å². The lowest BCUT2D eigenvalue weighted by molar-refractivity contribution is -0.135. The molecule has 3 rings (SSSR count). The zero-order valence-corrected chi connectivity index (χ0v) is 18.3. The standard InChI is InChI=1S/C20H24FN5OS2/c1-14(26-18(22-23-20(26)28)17-5-4-12-29-17)19(27)25(11-10-24(2)3)13-15-6-8-16(21)9-7-15/h4-9,12,14H,10-11,13H2,1-3H3,(H,23,28). The Kier molecular flexibility index (Phi) is 6.94. The molecule has 2 aromatic heterocycles. The molecule has 0 radical (unpaired) electrons. The van der Waals surface area contributed by atoms with E-state index in [0.29, 0.717) is 30.2 Å². The van der Waals surface area contributed by atoms with Crippen LogP contribution < -0.4 is 0 Å². The molecule has 6 nitrogen and oxygen atoms in total. The predicted octanol–water partition coefficient (Wildman–Crippen LogP) is 3.96. The number of rotatable bonds is 8. The molecule has 1 amide bonds. The average Bonchev–Trinajstić information content (AvgIpc) is 3.35. The van der Waals surface area contributed by atoms with Crippen LogP contribution in [0.3, 0.4) is 0 Å². The molecule has 1 aromatic carbocycles. The minimum Gasteiger partial charge on any atom is -0.335 e. The predicted molar refractivity (Wildman–Crippen MR) is 116 cm³/mol. The monoisotopic (exact) mass is 433 g/mol. The summed E-state index contributed by atoms with van der Waals surface area (Å²) in [6.45, 7) is 3.50. The van der Waals surface area contributed by atoms with E-state index in [9.17, 15) is 9.18 Å². The molecular weight excluding hydrogens is 409 g/mol. The number of nitrogens with zero attached hydrogens (tertiary/aromatic N) is 4. The van der Waals surface area contributed by atoms with Crippen LogP contribution in [0.25, 0.3) is 10.7 Å². The summed E-state index contributed by atoms with van der Waals surface area (Å²) in [5, 5.41) is 9.09. The maximum Gasteiger partial charge on any atom is 0.245 e. The molecule has 0 aliphatic heterocycles. The highest BCUT2D eigenvalue weighted by atomic mass is 32.1. The van der Waals surface area contributed by atoms with E-state index in [1.807, 2.05) is 43.4 Å². The number of halogens is 1. The van der Waals surface area contributed by atoms with Crippen molar-refractivity contribution in [2.24, 2.45) is 0 Å². The van der Waals surface area contributed by atoms with E-state index in [1.165, 1.54) is 12.1 Å². The van der Waals surface area contributed by atoms with Gasteiger partial charge in [0.05, 0.1) is 4.88 Å². The average molecular weight is 434 g/mol. The summed E-state index contributed by atoms with van der Waals surface area (Å²) in [7, 11) is 3.93. The van der Waals surface area contributed by atoms with Crippen molar-refractivity contribution < 1.29 is 9.18 Å². The van der Waals surface area contributed by atoms with Gasteiger partial charge in [-0.25, -0.2) is 4.39 Å². The second kappa shape index (κ2) is 9.43. The first-order chi connectivity index (χ1) is 13.9. The van der Waals surface area contributed by atoms with Crippen molar-refractivity contribution in [3.8, 4) is 10.7 Å². The first-order valence-electron chi connectivity index (χ1n) is 9.25. The molecule has 2 heterocycles. The molecular formula is C20H24FN5OS2. The molecule has 0 aliphatic carbocycles. The molecule has 1 unspecified atom stereocenters. The highest BCUT2D eigenvalue weighted by molar-refractivity contribution is 7.71. The van der Waals surface area contributed by atoms with Crippen LogP contribution in [0, 0.1) is 10.6 Å². The van der Waals surface area contributed by atoms with Gasteiger partial charge in [0, 0.05) is 19.6 Å². The van der Waals surface area contributed by atoms with Gasteiger partial charge < -0.3 is 9.80 Å². The molecule has 0 fully saturated rings. The molecule has 1 atom stereocenters. The zero-order chi connectivity index (χ0) is 21.0. The van der Waals surface area contributed by atoms with Gasteiger partial charge in [-0.15, -0.1) is 11.3 Å². The normalized spacial score (nSPS) is 12.3. The number of H-pyrrole nitrogens is 1. The first kappa shape index (κ1) is 21.4. The Morgan fingerprint density at radius 2 is 2.00 bits per heavy atom. The lowest BCUT2D eigenvalue weighted by Gasteiger charge is -2.28. The molecule has 9 heteroatoms. The molecule has 0 bridgehead atoms. The van der Waals surface area contributed by atoms with Crippen LogP contribution >= 0.6 is 23.6 Å². The van der Waals surface area contributed by atoms with Crippen LogP contribution in [0.4, 0.5) is 4.39 Å². The fraction of sp³-hybridized carbons (Fsp3) is 0.350. The number of aromatic amines is 1. The maximum absolute atomic E-state index is 13.4. The summed E-state index contributed by atoms with van der Waals surface area (Å²) in [4.78, 5) is 18.2. The van der Waals surface area contributed by atoms with Gasteiger partial charge in [0.25, 0.3) is 0 Å². The Balaban J connectivity index is 1.88. The number of aromatic nitrogens is 3. The molecule has 0 aliphatic rings. The van der Waals surface area contributed by atoms with Crippen LogP contribution in [-0.4, -0.2) is 57.7 Å². The highest BCUT2D eigenvalue weighted by Gasteiger charge is 2.26. The second-order valence-corrected chi connectivity index (χ2v) is 8.40. The quantitative estimate of drug-likeness (QED) is 0.547. The summed E-state index contributed by atoms with van der Waals surface area (Å²) in [5.41, 5.74) is 0.875. The Hall–Kier alpha value is -2.36. The summed E-state index contributed by atoms with van der Waals surface area (Å²) in [6, 6.07) is 9.59. The third-order valence-corrected chi connectivity index (χ3v) is 5.76.